The number of amides is 1. The maximum atomic E-state index is 13.2. The van der Waals surface area contributed by atoms with E-state index in [1.165, 1.54) is 0 Å². The largest absolute Gasteiger partial charge is 0.489 e. The van der Waals surface area contributed by atoms with Gasteiger partial charge < -0.3 is 14.4 Å². The molecule has 1 heterocycles. The highest BCUT2D eigenvalue weighted by Gasteiger charge is 2.34. The zero-order valence-corrected chi connectivity index (χ0v) is 15.3. The van der Waals surface area contributed by atoms with Crippen molar-refractivity contribution in [2.45, 2.75) is 39.3 Å². The molecule has 8 heteroatoms. The summed E-state index contributed by atoms with van der Waals surface area (Å²) in [7, 11) is 0. The Balaban J connectivity index is 1.70. The van der Waals surface area contributed by atoms with Crippen LogP contribution in [-0.4, -0.2) is 23.6 Å². The van der Waals surface area contributed by atoms with Crippen LogP contribution < -0.4 is 4.74 Å². The van der Waals surface area contributed by atoms with Gasteiger partial charge in [-0.1, -0.05) is 18.2 Å². The minimum Gasteiger partial charge on any atom is -0.489 e. The van der Waals surface area contributed by atoms with E-state index in [0.29, 0.717) is 30.5 Å². The van der Waals surface area contributed by atoms with E-state index in [-0.39, 0.29) is 24.4 Å². The van der Waals surface area contributed by atoms with Crippen molar-refractivity contribution in [2.75, 3.05) is 6.54 Å². The van der Waals surface area contributed by atoms with Gasteiger partial charge in [-0.05, 0) is 43.2 Å². The number of hydrogen-bond acceptors (Lipinski definition) is 3. The van der Waals surface area contributed by atoms with Gasteiger partial charge in [-0.25, -0.2) is 9.18 Å². The predicted molar refractivity (Wildman–Crippen MR) is 93.3 cm³/mol. The molecule has 28 heavy (non-hydrogen) atoms. The van der Waals surface area contributed by atoms with Crippen LogP contribution in [0.4, 0.5) is 22.4 Å². The van der Waals surface area contributed by atoms with E-state index in [1.807, 2.05) is 6.92 Å². The Morgan fingerprint density at radius 3 is 2.57 bits per heavy atom. The standard InChI is InChI=1S/C20H19F4NO3/c1-12-7-14(10-25-9-13(2)28-19(25)26)3-6-18(12)27-11-15-4-5-16(21)8-17(15)20(22,23)24/h3-8,13H,9-11H2,1-2H3/t13-/m1/s1. The van der Waals surface area contributed by atoms with Gasteiger partial charge in [0.2, 0.25) is 0 Å². The summed E-state index contributed by atoms with van der Waals surface area (Å²) < 4.78 is 63.0. The second kappa shape index (κ2) is 7.69. The summed E-state index contributed by atoms with van der Waals surface area (Å²) in [5.41, 5.74) is 0.372. The van der Waals surface area contributed by atoms with Crippen molar-refractivity contribution >= 4 is 6.09 Å². The highest BCUT2D eigenvalue weighted by atomic mass is 19.4. The molecule has 1 amide bonds. The Bertz CT molecular complexity index is 882. The topological polar surface area (TPSA) is 38.8 Å². The zero-order chi connectivity index (χ0) is 20.5. The second-order valence-corrected chi connectivity index (χ2v) is 6.76. The smallest absolute Gasteiger partial charge is 0.416 e. The monoisotopic (exact) mass is 397 g/mol. The van der Waals surface area contributed by atoms with E-state index < -0.39 is 17.6 Å². The molecule has 0 N–H and O–H groups in total. The average Bonchev–Trinajstić information content (AvgIpc) is 2.91. The van der Waals surface area contributed by atoms with E-state index in [4.69, 9.17) is 9.47 Å². The summed E-state index contributed by atoms with van der Waals surface area (Å²) in [6.07, 6.45) is -5.20. The fourth-order valence-corrected chi connectivity index (χ4v) is 3.08. The predicted octanol–water partition coefficient (Wildman–Crippen LogP) is 5.07. The normalized spacial score (nSPS) is 17.0. The molecule has 1 saturated heterocycles. The molecule has 1 aliphatic rings. The molecule has 150 valence electrons. The molecular weight excluding hydrogens is 378 g/mol. The summed E-state index contributed by atoms with van der Waals surface area (Å²) in [5.74, 6) is -0.537. The van der Waals surface area contributed by atoms with Crippen LogP contribution in [0.15, 0.2) is 36.4 Å². The first-order valence-electron chi connectivity index (χ1n) is 8.67. The first-order valence-corrected chi connectivity index (χ1v) is 8.67. The minimum atomic E-state index is -4.67. The Morgan fingerprint density at radius 1 is 1.21 bits per heavy atom. The van der Waals surface area contributed by atoms with Gasteiger partial charge in [-0.3, -0.25) is 0 Å². The maximum absolute atomic E-state index is 13.2. The molecular formula is C20H19F4NO3. The van der Waals surface area contributed by atoms with Crippen molar-refractivity contribution in [1.82, 2.24) is 4.90 Å². The van der Waals surface area contributed by atoms with Gasteiger partial charge in [0.1, 0.15) is 24.3 Å². The van der Waals surface area contributed by atoms with Crippen molar-refractivity contribution in [2.24, 2.45) is 0 Å². The van der Waals surface area contributed by atoms with Crippen LogP contribution >= 0.6 is 0 Å². The van der Waals surface area contributed by atoms with Crippen molar-refractivity contribution in [3.8, 4) is 5.75 Å². The van der Waals surface area contributed by atoms with Crippen LogP contribution in [0.25, 0.3) is 0 Å². The van der Waals surface area contributed by atoms with Gasteiger partial charge in [0.25, 0.3) is 0 Å². The average molecular weight is 397 g/mol. The van der Waals surface area contributed by atoms with Gasteiger partial charge in [-0.2, -0.15) is 13.2 Å². The number of carbonyl (C=O) groups excluding carboxylic acids is 1. The molecule has 0 saturated carbocycles. The lowest BCUT2D eigenvalue weighted by Crippen LogP contribution is -2.24. The van der Waals surface area contributed by atoms with Crippen molar-refractivity contribution in [3.05, 3.63) is 64.5 Å². The summed E-state index contributed by atoms with van der Waals surface area (Å²) in [5, 5.41) is 0. The number of ether oxygens (including phenoxy) is 2. The first kappa shape index (κ1) is 20.0. The number of aryl methyl sites for hydroxylation is 1. The third-order valence-electron chi connectivity index (χ3n) is 4.41. The molecule has 2 aromatic carbocycles. The minimum absolute atomic E-state index is 0.147. The third kappa shape index (κ3) is 4.55. The second-order valence-electron chi connectivity index (χ2n) is 6.76. The van der Waals surface area contributed by atoms with Gasteiger partial charge in [0.15, 0.2) is 0 Å². The first-order chi connectivity index (χ1) is 13.1. The van der Waals surface area contributed by atoms with Crippen molar-refractivity contribution < 1.29 is 31.8 Å². The number of carbonyl (C=O) groups is 1. The number of rotatable bonds is 5. The van der Waals surface area contributed by atoms with E-state index in [1.54, 1.807) is 30.0 Å². The van der Waals surface area contributed by atoms with Crippen LogP contribution in [-0.2, 0) is 24.1 Å². The van der Waals surface area contributed by atoms with Gasteiger partial charge in [0, 0.05) is 12.1 Å². The fourth-order valence-electron chi connectivity index (χ4n) is 3.08. The van der Waals surface area contributed by atoms with Crippen LogP contribution in [0.1, 0.15) is 29.2 Å². The lowest BCUT2D eigenvalue weighted by atomic mass is 10.1. The van der Waals surface area contributed by atoms with E-state index in [2.05, 4.69) is 0 Å². The molecule has 0 spiro atoms. The molecule has 0 radical (unpaired) electrons. The van der Waals surface area contributed by atoms with Crippen molar-refractivity contribution in [1.29, 1.82) is 0 Å². The van der Waals surface area contributed by atoms with Gasteiger partial charge in [0.05, 0.1) is 12.1 Å². The summed E-state index contributed by atoms with van der Waals surface area (Å²) in [6.45, 7) is 4.11. The number of benzene rings is 2. The zero-order valence-electron chi connectivity index (χ0n) is 15.3. The molecule has 1 atom stereocenters. The fraction of sp³-hybridized carbons (Fsp3) is 0.350. The molecule has 0 aliphatic carbocycles. The van der Waals surface area contributed by atoms with Crippen LogP contribution in [0.3, 0.4) is 0 Å². The molecule has 2 aromatic rings. The Labute approximate surface area is 159 Å². The Morgan fingerprint density at radius 2 is 1.96 bits per heavy atom. The Hall–Kier alpha value is -2.77. The number of nitrogens with zero attached hydrogens (tertiary/aromatic N) is 1. The van der Waals surface area contributed by atoms with E-state index in [0.717, 1.165) is 17.7 Å². The Kier molecular flexibility index (Phi) is 5.49. The highest BCUT2D eigenvalue weighted by Crippen LogP contribution is 2.33. The molecule has 4 nitrogen and oxygen atoms in total. The summed E-state index contributed by atoms with van der Waals surface area (Å²) in [4.78, 5) is 13.3. The number of halogens is 4. The quantitative estimate of drug-likeness (QED) is 0.661. The van der Waals surface area contributed by atoms with Crippen molar-refractivity contribution in [3.63, 3.8) is 0 Å². The molecule has 1 fully saturated rings. The summed E-state index contributed by atoms with van der Waals surface area (Å²) >= 11 is 0. The van der Waals surface area contributed by atoms with Gasteiger partial charge in [-0.15, -0.1) is 0 Å². The van der Waals surface area contributed by atoms with Crippen LogP contribution in [0.2, 0.25) is 0 Å². The van der Waals surface area contributed by atoms with E-state index in [9.17, 15) is 22.4 Å². The highest BCUT2D eigenvalue weighted by molar-refractivity contribution is 5.69. The lowest BCUT2D eigenvalue weighted by Gasteiger charge is -2.16. The summed E-state index contributed by atoms with van der Waals surface area (Å²) in [6, 6.07) is 7.70. The van der Waals surface area contributed by atoms with E-state index >= 15 is 0 Å². The number of cyclic esters (lactones) is 1. The van der Waals surface area contributed by atoms with Crippen LogP contribution in [0.5, 0.6) is 5.75 Å². The molecule has 0 bridgehead atoms. The molecule has 0 unspecified atom stereocenters. The number of hydrogen-bond donors (Lipinski definition) is 0. The lowest BCUT2D eigenvalue weighted by molar-refractivity contribution is -0.138. The van der Waals surface area contributed by atoms with Crippen LogP contribution in [0, 0.1) is 12.7 Å². The van der Waals surface area contributed by atoms with Gasteiger partial charge >= 0.3 is 12.3 Å². The molecule has 3 rings (SSSR count). The number of alkyl halides is 3. The molecule has 1 aliphatic heterocycles. The SMILES string of the molecule is Cc1cc(CN2C[C@@H](C)OC2=O)ccc1OCc1ccc(F)cc1C(F)(F)F. The maximum Gasteiger partial charge on any atom is 0.416 e. The molecule has 0 aromatic heterocycles. The third-order valence-corrected chi connectivity index (χ3v) is 4.41.